The number of primary amides is 1. The summed E-state index contributed by atoms with van der Waals surface area (Å²) >= 11 is 0. The number of rotatable bonds is 6. The van der Waals surface area contributed by atoms with Crippen LogP contribution in [0.15, 0.2) is 12.2 Å². The van der Waals surface area contributed by atoms with E-state index < -0.39 is 41.9 Å². The lowest BCUT2D eigenvalue weighted by molar-refractivity contribution is -0.164. The van der Waals surface area contributed by atoms with E-state index in [0.29, 0.717) is 6.61 Å². The van der Waals surface area contributed by atoms with E-state index in [0.717, 1.165) is 0 Å². The van der Waals surface area contributed by atoms with Crippen molar-refractivity contribution in [2.45, 2.75) is 32.1 Å². The van der Waals surface area contributed by atoms with Crippen LogP contribution in [0.5, 0.6) is 0 Å². The van der Waals surface area contributed by atoms with Gasteiger partial charge in [0.15, 0.2) is 0 Å². The lowest BCUT2D eigenvalue weighted by Crippen LogP contribution is -2.49. The van der Waals surface area contributed by atoms with Gasteiger partial charge in [-0.2, -0.15) is 0 Å². The highest BCUT2D eigenvalue weighted by molar-refractivity contribution is 6.01. The summed E-state index contributed by atoms with van der Waals surface area (Å²) in [5.41, 5.74) is 5.23. The van der Waals surface area contributed by atoms with Gasteiger partial charge in [-0.05, 0) is 13.3 Å². The summed E-state index contributed by atoms with van der Waals surface area (Å²) in [5.74, 6) is -3.09. The zero-order valence-corrected chi connectivity index (χ0v) is 13.4. The molecule has 9 nitrogen and oxygen atoms in total. The minimum absolute atomic E-state index is 0.00810. The predicted octanol–water partition coefficient (Wildman–Crippen LogP) is -1.33. The molecule has 9 heteroatoms. The van der Waals surface area contributed by atoms with E-state index >= 15 is 0 Å². The zero-order chi connectivity index (χ0) is 17.7. The molecule has 0 spiro atoms. The molecule has 1 saturated heterocycles. The molecule has 2 heterocycles. The van der Waals surface area contributed by atoms with Crippen molar-refractivity contribution < 1.29 is 28.7 Å². The first-order valence-electron chi connectivity index (χ1n) is 7.76. The van der Waals surface area contributed by atoms with Crippen LogP contribution in [0.2, 0.25) is 0 Å². The summed E-state index contributed by atoms with van der Waals surface area (Å²) in [6.07, 6.45) is 2.81. The summed E-state index contributed by atoms with van der Waals surface area (Å²) in [7, 11) is 0. The fourth-order valence-electron chi connectivity index (χ4n) is 2.62. The lowest BCUT2D eigenvalue weighted by Gasteiger charge is -2.24. The summed E-state index contributed by atoms with van der Waals surface area (Å²) in [4.78, 5) is 48.4. The second-order valence-electron chi connectivity index (χ2n) is 5.57. The van der Waals surface area contributed by atoms with Gasteiger partial charge >= 0.3 is 5.97 Å². The van der Waals surface area contributed by atoms with Crippen molar-refractivity contribution in [3.05, 3.63) is 12.2 Å². The standard InChI is InChI=1S/C15H21N3O6/c1-2-23-15-10(7-12(20)24-15)17-11(19)8-18-6-4-3-5-9(13(16)21)14(18)22/h3-4,9-10,15H,2,5-8H2,1H3,(H2,16,21)(H,17,19). The molecule has 3 N–H and O–H groups in total. The fourth-order valence-corrected chi connectivity index (χ4v) is 2.62. The molecular weight excluding hydrogens is 318 g/mol. The number of esters is 1. The molecule has 3 unspecified atom stereocenters. The molecule has 0 aromatic heterocycles. The number of hydrogen-bond acceptors (Lipinski definition) is 6. The number of amides is 3. The van der Waals surface area contributed by atoms with E-state index in [1.54, 1.807) is 19.1 Å². The first-order valence-corrected chi connectivity index (χ1v) is 7.76. The van der Waals surface area contributed by atoms with Gasteiger partial charge in [0.05, 0.1) is 13.0 Å². The zero-order valence-electron chi connectivity index (χ0n) is 13.4. The Hall–Kier alpha value is -2.42. The Labute approximate surface area is 139 Å². The maximum Gasteiger partial charge on any atom is 0.310 e. The van der Waals surface area contributed by atoms with Crippen LogP contribution in [0.4, 0.5) is 0 Å². The number of cyclic esters (lactones) is 1. The van der Waals surface area contributed by atoms with E-state index in [2.05, 4.69) is 5.32 Å². The number of hydrogen-bond donors (Lipinski definition) is 2. The van der Waals surface area contributed by atoms with Gasteiger partial charge in [-0.1, -0.05) is 12.2 Å². The molecule has 132 valence electrons. The predicted molar refractivity (Wildman–Crippen MR) is 81.1 cm³/mol. The largest absolute Gasteiger partial charge is 0.433 e. The van der Waals surface area contributed by atoms with Crippen LogP contribution in [0.25, 0.3) is 0 Å². The van der Waals surface area contributed by atoms with Gasteiger partial charge < -0.3 is 25.4 Å². The minimum atomic E-state index is -0.968. The van der Waals surface area contributed by atoms with Crippen molar-refractivity contribution in [1.82, 2.24) is 10.2 Å². The van der Waals surface area contributed by atoms with E-state index in [1.807, 2.05) is 0 Å². The van der Waals surface area contributed by atoms with E-state index in [-0.39, 0.29) is 25.9 Å². The van der Waals surface area contributed by atoms with Crippen molar-refractivity contribution >= 4 is 23.7 Å². The molecule has 3 atom stereocenters. The molecule has 0 aromatic rings. The Morgan fingerprint density at radius 3 is 2.83 bits per heavy atom. The summed E-state index contributed by atoms with van der Waals surface area (Å²) in [6.45, 7) is 2.05. The van der Waals surface area contributed by atoms with Crippen LogP contribution >= 0.6 is 0 Å². The Bertz CT molecular complexity index is 561. The van der Waals surface area contributed by atoms with Crippen LogP contribution < -0.4 is 11.1 Å². The highest BCUT2D eigenvalue weighted by atomic mass is 16.7. The quantitative estimate of drug-likeness (QED) is 0.351. The molecule has 0 radical (unpaired) electrons. The van der Waals surface area contributed by atoms with E-state index in [4.69, 9.17) is 15.2 Å². The van der Waals surface area contributed by atoms with Gasteiger partial charge in [-0.3, -0.25) is 19.2 Å². The molecule has 0 bridgehead atoms. The second kappa shape index (κ2) is 7.91. The third kappa shape index (κ3) is 4.31. The van der Waals surface area contributed by atoms with Gasteiger partial charge in [-0.15, -0.1) is 0 Å². The van der Waals surface area contributed by atoms with Gasteiger partial charge in [0.1, 0.15) is 12.0 Å². The Morgan fingerprint density at radius 1 is 1.42 bits per heavy atom. The maximum atomic E-state index is 12.3. The summed E-state index contributed by atoms with van der Waals surface area (Å²) < 4.78 is 10.2. The van der Waals surface area contributed by atoms with Gasteiger partial charge in [0.25, 0.3) is 0 Å². The minimum Gasteiger partial charge on any atom is -0.433 e. The van der Waals surface area contributed by atoms with Crippen molar-refractivity contribution in [2.24, 2.45) is 11.7 Å². The highest BCUT2D eigenvalue weighted by Gasteiger charge is 2.37. The van der Waals surface area contributed by atoms with E-state index in [1.165, 1.54) is 4.90 Å². The Balaban J connectivity index is 1.95. The van der Waals surface area contributed by atoms with Crippen LogP contribution in [-0.2, 0) is 28.7 Å². The number of nitrogens with two attached hydrogens (primary N) is 1. The van der Waals surface area contributed by atoms with Crippen molar-refractivity contribution in [2.75, 3.05) is 19.7 Å². The smallest absolute Gasteiger partial charge is 0.310 e. The maximum absolute atomic E-state index is 12.3. The third-order valence-electron chi connectivity index (χ3n) is 3.79. The molecule has 2 rings (SSSR count). The average molecular weight is 339 g/mol. The fraction of sp³-hybridized carbons (Fsp3) is 0.600. The molecular formula is C15H21N3O6. The SMILES string of the molecule is CCOC1OC(=O)CC1NC(=O)CN1CC=CCC(C(N)=O)C1=O. The number of nitrogens with zero attached hydrogens (tertiary/aromatic N) is 1. The van der Waals surface area contributed by atoms with Crippen molar-refractivity contribution in [3.63, 3.8) is 0 Å². The summed E-state index contributed by atoms with van der Waals surface area (Å²) in [6, 6.07) is -0.602. The molecule has 24 heavy (non-hydrogen) atoms. The highest BCUT2D eigenvalue weighted by Crippen LogP contribution is 2.17. The average Bonchev–Trinajstić information content (AvgIpc) is 2.73. The third-order valence-corrected chi connectivity index (χ3v) is 3.79. The van der Waals surface area contributed by atoms with Crippen LogP contribution in [0, 0.1) is 5.92 Å². The molecule has 3 amide bonds. The second-order valence-corrected chi connectivity index (χ2v) is 5.57. The summed E-state index contributed by atoms with van der Waals surface area (Å²) in [5, 5.41) is 2.63. The number of carbonyl (C=O) groups excluding carboxylic acids is 4. The van der Waals surface area contributed by atoms with Gasteiger partial charge in [0.2, 0.25) is 24.0 Å². The molecule has 1 fully saturated rings. The van der Waals surface area contributed by atoms with Crippen LogP contribution in [0.3, 0.4) is 0 Å². The topological polar surface area (TPSA) is 128 Å². The Kier molecular flexibility index (Phi) is 5.91. The van der Waals surface area contributed by atoms with Gasteiger partial charge in [-0.25, -0.2) is 0 Å². The number of nitrogens with one attached hydrogen (secondary N) is 1. The number of ether oxygens (including phenoxy) is 2. The first kappa shape index (κ1) is 17.9. The molecule has 0 aromatic carbocycles. The number of allylic oxidation sites excluding steroid dienone is 1. The monoisotopic (exact) mass is 339 g/mol. The van der Waals surface area contributed by atoms with Crippen molar-refractivity contribution in [1.29, 1.82) is 0 Å². The number of carbonyl (C=O) groups is 4. The molecule has 2 aliphatic heterocycles. The Morgan fingerprint density at radius 2 is 2.17 bits per heavy atom. The first-order chi connectivity index (χ1) is 11.4. The van der Waals surface area contributed by atoms with E-state index in [9.17, 15) is 19.2 Å². The lowest BCUT2D eigenvalue weighted by atomic mass is 10.0. The van der Waals surface area contributed by atoms with Crippen LogP contribution in [0.1, 0.15) is 19.8 Å². The van der Waals surface area contributed by atoms with Gasteiger partial charge in [0, 0.05) is 13.2 Å². The van der Waals surface area contributed by atoms with Crippen LogP contribution in [-0.4, -0.2) is 60.6 Å². The molecule has 0 saturated carbocycles. The normalized spacial score (nSPS) is 26.9. The molecule has 2 aliphatic rings. The molecule has 0 aliphatic carbocycles. The van der Waals surface area contributed by atoms with Crippen molar-refractivity contribution in [3.8, 4) is 0 Å².